The third-order valence-corrected chi connectivity index (χ3v) is 3.14. The molecule has 1 fully saturated rings. The predicted octanol–water partition coefficient (Wildman–Crippen LogP) is 3.48. The Balaban J connectivity index is 2.21. The van der Waals surface area contributed by atoms with E-state index < -0.39 is 10.7 Å². The van der Waals surface area contributed by atoms with Gasteiger partial charge in [0.1, 0.15) is 5.69 Å². The fourth-order valence-electron chi connectivity index (χ4n) is 2.26. The van der Waals surface area contributed by atoms with Crippen LogP contribution in [0, 0.1) is 15.9 Å². The number of hydrogen-bond acceptors (Lipinski definition) is 3. The smallest absolute Gasteiger partial charge is 0.295 e. The largest absolute Gasteiger partial charge is 0.374 e. The molecule has 0 spiro atoms. The van der Waals surface area contributed by atoms with Crippen molar-refractivity contribution >= 4 is 11.4 Å². The monoisotopic (exact) mass is 238 g/mol. The molecule has 0 aliphatic heterocycles. The molecule has 0 radical (unpaired) electrons. The highest BCUT2D eigenvalue weighted by Crippen LogP contribution is 2.30. The Morgan fingerprint density at radius 1 is 1.29 bits per heavy atom. The van der Waals surface area contributed by atoms with E-state index in [4.69, 9.17) is 0 Å². The number of nitro groups is 1. The predicted molar refractivity (Wildman–Crippen MR) is 63.6 cm³/mol. The first-order valence-electron chi connectivity index (χ1n) is 5.88. The Bertz CT molecular complexity index is 417. The van der Waals surface area contributed by atoms with Crippen molar-refractivity contribution in [1.82, 2.24) is 0 Å². The average Bonchev–Trinajstić information content (AvgIpc) is 2.33. The molecular weight excluding hydrogens is 223 g/mol. The van der Waals surface area contributed by atoms with Crippen molar-refractivity contribution in [1.29, 1.82) is 0 Å². The maximum atomic E-state index is 13.6. The molecule has 1 aliphatic carbocycles. The molecule has 4 nitrogen and oxygen atoms in total. The molecule has 1 aromatic carbocycles. The van der Waals surface area contributed by atoms with E-state index in [9.17, 15) is 14.5 Å². The normalized spacial score (nSPS) is 16.8. The molecule has 92 valence electrons. The van der Waals surface area contributed by atoms with Crippen molar-refractivity contribution in [3.05, 3.63) is 34.1 Å². The zero-order valence-electron chi connectivity index (χ0n) is 9.49. The quantitative estimate of drug-likeness (QED) is 0.648. The summed E-state index contributed by atoms with van der Waals surface area (Å²) in [6.45, 7) is 0. The van der Waals surface area contributed by atoms with Crippen LogP contribution in [0.25, 0.3) is 0 Å². The summed E-state index contributed by atoms with van der Waals surface area (Å²) in [6, 6.07) is 4.09. The summed E-state index contributed by atoms with van der Waals surface area (Å²) >= 11 is 0. The van der Waals surface area contributed by atoms with Crippen LogP contribution in [-0.2, 0) is 0 Å². The van der Waals surface area contributed by atoms with Crippen LogP contribution in [0.5, 0.6) is 0 Å². The summed E-state index contributed by atoms with van der Waals surface area (Å²) < 4.78 is 13.6. The highest BCUT2D eigenvalue weighted by molar-refractivity contribution is 5.62. The summed E-state index contributed by atoms with van der Waals surface area (Å²) in [6.07, 6.45) is 5.29. The van der Waals surface area contributed by atoms with Gasteiger partial charge in [0.15, 0.2) is 5.82 Å². The number of para-hydroxylation sites is 1. The SMILES string of the molecule is O=[N+]([O-])c1cccc(F)c1NC1CCCCC1. The maximum absolute atomic E-state index is 13.6. The lowest BCUT2D eigenvalue weighted by atomic mass is 9.95. The lowest BCUT2D eigenvalue weighted by Crippen LogP contribution is -2.23. The Kier molecular flexibility index (Phi) is 3.56. The Morgan fingerprint density at radius 2 is 2.00 bits per heavy atom. The first-order chi connectivity index (χ1) is 8.18. The maximum Gasteiger partial charge on any atom is 0.295 e. The van der Waals surface area contributed by atoms with E-state index in [0.29, 0.717) is 0 Å². The van der Waals surface area contributed by atoms with E-state index in [1.165, 1.54) is 24.6 Å². The van der Waals surface area contributed by atoms with Crippen LogP contribution in [0.3, 0.4) is 0 Å². The molecule has 0 saturated heterocycles. The van der Waals surface area contributed by atoms with Crippen molar-refractivity contribution in [2.45, 2.75) is 38.1 Å². The Hall–Kier alpha value is -1.65. The van der Waals surface area contributed by atoms with Gasteiger partial charge in [-0.1, -0.05) is 25.3 Å². The van der Waals surface area contributed by atoms with E-state index in [1.807, 2.05) is 0 Å². The molecule has 1 N–H and O–H groups in total. The van der Waals surface area contributed by atoms with Gasteiger partial charge in [-0.3, -0.25) is 10.1 Å². The van der Waals surface area contributed by atoms with Gasteiger partial charge in [0.2, 0.25) is 0 Å². The molecule has 1 aromatic rings. The highest BCUT2D eigenvalue weighted by Gasteiger charge is 2.21. The molecule has 17 heavy (non-hydrogen) atoms. The van der Waals surface area contributed by atoms with Crippen LogP contribution in [0.2, 0.25) is 0 Å². The molecule has 0 bridgehead atoms. The number of halogens is 1. The lowest BCUT2D eigenvalue weighted by molar-refractivity contribution is -0.384. The van der Waals surface area contributed by atoms with Gasteiger partial charge >= 0.3 is 0 Å². The number of nitrogens with one attached hydrogen (secondary N) is 1. The van der Waals surface area contributed by atoms with Gasteiger partial charge in [-0.15, -0.1) is 0 Å². The van der Waals surface area contributed by atoms with E-state index in [-0.39, 0.29) is 17.4 Å². The van der Waals surface area contributed by atoms with Crippen LogP contribution < -0.4 is 5.32 Å². The lowest BCUT2D eigenvalue weighted by Gasteiger charge is -2.23. The molecule has 0 atom stereocenters. The number of benzene rings is 1. The molecule has 1 aliphatic rings. The molecular formula is C12H15FN2O2. The van der Waals surface area contributed by atoms with Gasteiger partial charge in [0.05, 0.1) is 4.92 Å². The summed E-state index contributed by atoms with van der Waals surface area (Å²) in [5.74, 6) is -0.551. The molecule has 0 heterocycles. The van der Waals surface area contributed by atoms with Crippen LogP contribution in [-0.4, -0.2) is 11.0 Å². The van der Waals surface area contributed by atoms with Gasteiger partial charge in [-0.2, -0.15) is 0 Å². The number of anilines is 1. The fourth-order valence-corrected chi connectivity index (χ4v) is 2.26. The van der Waals surface area contributed by atoms with Crippen molar-refractivity contribution in [2.24, 2.45) is 0 Å². The third kappa shape index (κ3) is 2.72. The first kappa shape index (κ1) is 11.8. The molecule has 1 saturated carbocycles. The minimum Gasteiger partial charge on any atom is -0.374 e. The summed E-state index contributed by atoms with van der Waals surface area (Å²) in [4.78, 5) is 10.3. The second kappa shape index (κ2) is 5.12. The average molecular weight is 238 g/mol. The second-order valence-electron chi connectivity index (χ2n) is 4.37. The number of nitro benzene ring substituents is 1. The summed E-state index contributed by atoms with van der Waals surface area (Å²) in [5, 5.41) is 13.8. The van der Waals surface area contributed by atoms with Crippen LogP contribution >= 0.6 is 0 Å². The molecule has 0 amide bonds. The zero-order chi connectivity index (χ0) is 12.3. The van der Waals surface area contributed by atoms with Gasteiger partial charge in [-0.05, 0) is 18.9 Å². The topological polar surface area (TPSA) is 55.2 Å². The number of nitrogens with zero attached hydrogens (tertiary/aromatic N) is 1. The first-order valence-corrected chi connectivity index (χ1v) is 5.88. The van der Waals surface area contributed by atoms with Crippen molar-refractivity contribution in [3.63, 3.8) is 0 Å². The number of hydrogen-bond donors (Lipinski definition) is 1. The van der Waals surface area contributed by atoms with Crippen molar-refractivity contribution < 1.29 is 9.31 Å². The van der Waals surface area contributed by atoms with E-state index in [1.54, 1.807) is 0 Å². The molecule has 0 aromatic heterocycles. The summed E-state index contributed by atoms with van der Waals surface area (Å²) in [7, 11) is 0. The Labute approximate surface area is 99.0 Å². The number of rotatable bonds is 3. The second-order valence-corrected chi connectivity index (χ2v) is 4.37. The third-order valence-electron chi connectivity index (χ3n) is 3.14. The van der Waals surface area contributed by atoms with Crippen LogP contribution in [0.4, 0.5) is 15.8 Å². The minimum absolute atomic E-state index is 0.0319. The molecule has 5 heteroatoms. The van der Waals surface area contributed by atoms with Gasteiger partial charge in [0, 0.05) is 12.1 Å². The van der Waals surface area contributed by atoms with Crippen molar-refractivity contribution in [2.75, 3.05) is 5.32 Å². The standard InChI is InChI=1S/C12H15FN2O2/c13-10-7-4-8-11(15(16)17)12(10)14-9-5-2-1-3-6-9/h4,7-9,14H,1-3,5-6H2. The van der Waals surface area contributed by atoms with E-state index >= 15 is 0 Å². The van der Waals surface area contributed by atoms with E-state index in [2.05, 4.69) is 5.32 Å². The van der Waals surface area contributed by atoms with Crippen LogP contribution in [0.1, 0.15) is 32.1 Å². The summed E-state index contributed by atoms with van der Waals surface area (Å²) in [5.41, 5.74) is -0.153. The molecule has 2 rings (SSSR count). The highest BCUT2D eigenvalue weighted by atomic mass is 19.1. The Morgan fingerprint density at radius 3 is 2.65 bits per heavy atom. The van der Waals surface area contributed by atoms with Gasteiger partial charge < -0.3 is 5.32 Å². The van der Waals surface area contributed by atoms with E-state index in [0.717, 1.165) is 25.7 Å². The van der Waals surface area contributed by atoms with Crippen molar-refractivity contribution in [3.8, 4) is 0 Å². The van der Waals surface area contributed by atoms with Crippen LogP contribution in [0.15, 0.2) is 18.2 Å². The van der Waals surface area contributed by atoms with Gasteiger partial charge in [-0.25, -0.2) is 4.39 Å². The van der Waals surface area contributed by atoms with Gasteiger partial charge in [0.25, 0.3) is 5.69 Å². The zero-order valence-corrected chi connectivity index (χ0v) is 9.49. The minimum atomic E-state index is -0.551. The molecule has 0 unspecified atom stereocenters. The fraction of sp³-hybridized carbons (Fsp3) is 0.500.